The summed E-state index contributed by atoms with van der Waals surface area (Å²) < 4.78 is 14.5. The van der Waals surface area contributed by atoms with Crippen molar-refractivity contribution in [2.75, 3.05) is 31.1 Å². The van der Waals surface area contributed by atoms with Gasteiger partial charge in [-0.2, -0.15) is 4.39 Å². The second kappa shape index (κ2) is 7.03. The maximum Gasteiger partial charge on any atom is 0.288 e. The van der Waals surface area contributed by atoms with Crippen molar-refractivity contribution in [2.45, 2.75) is 13.3 Å². The lowest BCUT2D eigenvalue weighted by Gasteiger charge is -2.22. The number of carbonyl (C=O) groups excluding carboxylic acids is 1. The number of fused-ring (bicyclic) bond motifs is 1. The van der Waals surface area contributed by atoms with E-state index in [1.54, 1.807) is 25.4 Å². The zero-order valence-electron chi connectivity index (χ0n) is 14.8. The highest BCUT2D eigenvalue weighted by molar-refractivity contribution is 9.10. The molecule has 2 aliphatic rings. The van der Waals surface area contributed by atoms with Gasteiger partial charge < -0.3 is 9.80 Å². The number of nitrogens with zero attached hydrogens (tertiary/aromatic N) is 4. The predicted octanol–water partition coefficient (Wildman–Crippen LogP) is 1.84. The van der Waals surface area contributed by atoms with Gasteiger partial charge in [-0.05, 0) is 28.4 Å². The molecular formula is C18H19BrFN5O2. The lowest BCUT2D eigenvalue weighted by molar-refractivity contribution is 0.0782. The van der Waals surface area contributed by atoms with Gasteiger partial charge in [0.1, 0.15) is 0 Å². The van der Waals surface area contributed by atoms with Crippen molar-refractivity contribution in [1.82, 2.24) is 19.9 Å². The van der Waals surface area contributed by atoms with E-state index < -0.39 is 11.4 Å². The number of pyridine rings is 1. The molecule has 0 radical (unpaired) electrons. The number of rotatable bonds is 3. The number of aromatic amines is 1. The molecule has 2 atom stereocenters. The van der Waals surface area contributed by atoms with E-state index in [1.165, 1.54) is 0 Å². The van der Waals surface area contributed by atoms with Crippen LogP contribution in [0, 0.1) is 17.7 Å². The van der Waals surface area contributed by atoms with Crippen molar-refractivity contribution in [3.05, 3.63) is 50.4 Å². The average molecular weight is 436 g/mol. The van der Waals surface area contributed by atoms with Crippen LogP contribution in [-0.2, 0) is 6.42 Å². The first-order valence-corrected chi connectivity index (χ1v) is 9.69. The summed E-state index contributed by atoms with van der Waals surface area (Å²) in [6.45, 7) is 4.44. The average Bonchev–Trinajstić information content (AvgIpc) is 3.22. The van der Waals surface area contributed by atoms with Crippen LogP contribution >= 0.6 is 15.9 Å². The van der Waals surface area contributed by atoms with Crippen molar-refractivity contribution >= 4 is 27.8 Å². The number of nitrogens with one attached hydrogen (secondary N) is 1. The van der Waals surface area contributed by atoms with Gasteiger partial charge in [0, 0.05) is 54.9 Å². The Kier molecular flexibility index (Phi) is 4.71. The highest BCUT2D eigenvalue weighted by atomic mass is 79.9. The van der Waals surface area contributed by atoms with E-state index in [0.29, 0.717) is 55.9 Å². The smallest absolute Gasteiger partial charge is 0.288 e. The number of hydrogen-bond acceptors (Lipinski definition) is 5. The quantitative estimate of drug-likeness (QED) is 0.794. The SMILES string of the molecule is CCc1nc(N2CC3CN(C(=O)c4cncc(Br)c4)CC3C2)[nH]c(=O)c1F. The molecule has 0 aromatic carbocycles. The number of aryl methyl sites for hydroxylation is 1. The molecule has 1 N–H and O–H groups in total. The van der Waals surface area contributed by atoms with E-state index in [4.69, 9.17) is 0 Å². The highest BCUT2D eigenvalue weighted by Crippen LogP contribution is 2.33. The van der Waals surface area contributed by atoms with Crippen LogP contribution in [0.4, 0.5) is 10.3 Å². The van der Waals surface area contributed by atoms with Crippen molar-refractivity contribution in [3.8, 4) is 0 Å². The number of carbonyl (C=O) groups is 1. The van der Waals surface area contributed by atoms with Crippen LogP contribution in [0.2, 0.25) is 0 Å². The molecule has 27 heavy (non-hydrogen) atoms. The normalized spacial score (nSPS) is 21.6. The molecule has 2 saturated heterocycles. The van der Waals surface area contributed by atoms with Gasteiger partial charge in [0.15, 0.2) is 0 Å². The Labute approximate surface area is 163 Å². The third kappa shape index (κ3) is 3.36. The van der Waals surface area contributed by atoms with Gasteiger partial charge in [-0.15, -0.1) is 0 Å². The Bertz CT molecular complexity index is 936. The van der Waals surface area contributed by atoms with Crippen molar-refractivity contribution in [3.63, 3.8) is 0 Å². The first kappa shape index (κ1) is 18.1. The fourth-order valence-electron chi connectivity index (χ4n) is 3.92. The number of halogens is 2. The van der Waals surface area contributed by atoms with E-state index in [0.717, 1.165) is 4.47 Å². The van der Waals surface area contributed by atoms with Gasteiger partial charge in [-0.1, -0.05) is 6.92 Å². The molecule has 2 fully saturated rings. The summed E-state index contributed by atoms with van der Waals surface area (Å²) in [7, 11) is 0. The van der Waals surface area contributed by atoms with Gasteiger partial charge in [0.2, 0.25) is 11.8 Å². The lowest BCUT2D eigenvalue weighted by atomic mass is 10.0. The van der Waals surface area contributed by atoms with Crippen LogP contribution in [0.15, 0.2) is 27.7 Å². The van der Waals surface area contributed by atoms with E-state index in [9.17, 15) is 14.0 Å². The third-order valence-corrected chi connectivity index (χ3v) is 5.71. The fraction of sp³-hybridized carbons (Fsp3) is 0.444. The molecule has 2 aromatic heterocycles. The van der Waals surface area contributed by atoms with E-state index in [-0.39, 0.29) is 11.6 Å². The minimum Gasteiger partial charge on any atom is -0.342 e. The van der Waals surface area contributed by atoms with Gasteiger partial charge >= 0.3 is 0 Å². The van der Waals surface area contributed by atoms with Crippen LogP contribution in [0.1, 0.15) is 23.0 Å². The van der Waals surface area contributed by atoms with E-state index >= 15 is 0 Å². The van der Waals surface area contributed by atoms with Gasteiger partial charge in [0.05, 0.1) is 11.3 Å². The molecule has 0 aliphatic carbocycles. The van der Waals surface area contributed by atoms with Crippen LogP contribution in [0.5, 0.6) is 0 Å². The molecule has 0 saturated carbocycles. The molecule has 1 amide bonds. The predicted molar refractivity (Wildman–Crippen MR) is 101 cm³/mol. The molecule has 0 spiro atoms. The monoisotopic (exact) mass is 435 g/mol. The number of likely N-dealkylation sites (tertiary alicyclic amines) is 1. The Morgan fingerprint density at radius 2 is 2.00 bits per heavy atom. The molecular weight excluding hydrogens is 417 g/mol. The summed E-state index contributed by atoms with van der Waals surface area (Å²) in [5.41, 5.74) is 0.0240. The molecule has 0 bridgehead atoms. The topological polar surface area (TPSA) is 82.2 Å². The van der Waals surface area contributed by atoms with Crippen LogP contribution < -0.4 is 10.5 Å². The second-order valence-corrected chi connectivity index (χ2v) is 7.95. The van der Waals surface area contributed by atoms with E-state index in [2.05, 4.69) is 30.9 Å². The minimum atomic E-state index is -0.806. The summed E-state index contributed by atoms with van der Waals surface area (Å²) >= 11 is 3.34. The summed E-state index contributed by atoms with van der Waals surface area (Å²) in [5, 5.41) is 0. The third-order valence-electron chi connectivity index (χ3n) is 5.28. The Hall–Kier alpha value is -2.29. The lowest BCUT2D eigenvalue weighted by Crippen LogP contribution is -2.34. The number of hydrogen-bond donors (Lipinski definition) is 1. The van der Waals surface area contributed by atoms with Crippen molar-refractivity contribution in [1.29, 1.82) is 0 Å². The maximum absolute atomic E-state index is 13.8. The molecule has 4 heterocycles. The van der Waals surface area contributed by atoms with Crippen LogP contribution in [-0.4, -0.2) is 51.9 Å². The molecule has 2 aromatic rings. The largest absolute Gasteiger partial charge is 0.342 e. The summed E-state index contributed by atoms with van der Waals surface area (Å²) in [5.74, 6) is 0.192. The van der Waals surface area contributed by atoms with Gasteiger partial charge in [-0.25, -0.2) is 4.98 Å². The molecule has 4 rings (SSSR count). The summed E-state index contributed by atoms with van der Waals surface area (Å²) in [4.78, 5) is 39.2. The second-order valence-electron chi connectivity index (χ2n) is 7.03. The number of amides is 1. The van der Waals surface area contributed by atoms with Crippen LogP contribution in [0.3, 0.4) is 0 Å². The molecule has 2 unspecified atom stereocenters. The standard InChI is InChI=1S/C18H19BrFN5O2/c1-2-14-15(20)16(26)23-18(22-14)25-8-11-6-24(7-12(11)9-25)17(27)10-3-13(19)5-21-4-10/h3-5,11-12H,2,6-9H2,1H3,(H,22,23,26). The first-order chi connectivity index (χ1) is 13.0. The highest BCUT2D eigenvalue weighted by Gasteiger charge is 2.42. The Morgan fingerprint density at radius 3 is 2.63 bits per heavy atom. The number of aromatic nitrogens is 3. The fourth-order valence-corrected chi connectivity index (χ4v) is 4.28. The number of H-pyrrole nitrogens is 1. The van der Waals surface area contributed by atoms with Crippen LogP contribution in [0.25, 0.3) is 0 Å². The van der Waals surface area contributed by atoms with Crippen molar-refractivity contribution in [2.24, 2.45) is 11.8 Å². The zero-order chi connectivity index (χ0) is 19.1. The maximum atomic E-state index is 13.8. The van der Waals surface area contributed by atoms with Gasteiger partial charge in [-0.3, -0.25) is 19.6 Å². The number of anilines is 1. The first-order valence-electron chi connectivity index (χ1n) is 8.89. The molecule has 142 valence electrons. The molecule has 7 nitrogen and oxygen atoms in total. The summed E-state index contributed by atoms with van der Waals surface area (Å²) in [6.07, 6.45) is 3.59. The van der Waals surface area contributed by atoms with Crippen molar-refractivity contribution < 1.29 is 9.18 Å². The minimum absolute atomic E-state index is 0.0219. The Balaban J connectivity index is 1.46. The van der Waals surface area contributed by atoms with Gasteiger partial charge in [0.25, 0.3) is 11.5 Å². The van der Waals surface area contributed by atoms with E-state index in [1.807, 2.05) is 9.80 Å². The Morgan fingerprint density at radius 1 is 1.30 bits per heavy atom. The molecule has 2 aliphatic heterocycles. The molecule has 9 heteroatoms. The zero-order valence-corrected chi connectivity index (χ0v) is 16.4. The summed E-state index contributed by atoms with van der Waals surface area (Å²) in [6, 6.07) is 1.77.